The molecule has 8 nitrogen and oxygen atoms in total. The summed E-state index contributed by atoms with van der Waals surface area (Å²) in [6, 6.07) is -1.06. The molecule has 0 saturated carbocycles. The molecule has 2 aromatic rings. The van der Waals surface area contributed by atoms with E-state index < -0.39 is 29.7 Å². The Labute approximate surface area is 167 Å². The molecule has 0 aromatic carbocycles. The van der Waals surface area contributed by atoms with Gasteiger partial charge in [-0.1, -0.05) is 6.92 Å². The van der Waals surface area contributed by atoms with E-state index in [1.807, 2.05) is 6.92 Å². The molecule has 2 aromatic heterocycles. The third-order valence-corrected chi connectivity index (χ3v) is 4.99. The lowest BCUT2D eigenvalue weighted by molar-refractivity contribution is -0.142. The summed E-state index contributed by atoms with van der Waals surface area (Å²) in [5, 5.41) is 12.7. The van der Waals surface area contributed by atoms with Gasteiger partial charge in [0.1, 0.15) is 11.7 Å². The number of amides is 2. The van der Waals surface area contributed by atoms with E-state index in [0.717, 1.165) is 11.1 Å². The number of nitrogens with zero attached hydrogens (tertiary/aromatic N) is 4. The lowest BCUT2D eigenvalue weighted by Gasteiger charge is -2.15. The average molecular weight is 465 g/mol. The summed E-state index contributed by atoms with van der Waals surface area (Å²) < 4.78 is 41.2. The van der Waals surface area contributed by atoms with Gasteiger partial charge in [-0.3, -0.25) is 19.0 Å². The van der Waals surface area contributed by atoms with Crippen LogP contribution in [0.1, 0.15) is 48.2 Å². The minimum atomic E-state index is -4.65. The minimum absolute atomic E-state index is 0.142. The van der Waals surface area contributed by atoms with E-state index in [2.05, 4.69) is 36.8 Å². The number of hydrogen-bond acceptors (Lipinski definition) is 4. The molecule has 0 saturated heterocycles. The van der Waals surface area contributed by atoms with Crippen LogP contribution in [0.15, 0.2) is 10.7 Å². The molecule has 0 bridgehead atoms. The molecule has 0 fully saturated rings. The van der Waals surface area contributed by atoms with Crippen molar-refractivity contribution in [2.24, 2.45) is 7.05 Å². The number of halogens is 4. The lowest BCUT2D eigenvalue weighted by Crippen LogP contribution is -2.29. The quantitative estimate of drug-likeness (QED) is 0.686. The highest BCUT2D eigenvalue weighted by atomic mass is 79.9. The molecule has 0 aliphatic carbocycles. The van der Waals surface area contributed by atoms with Crippen molar-refractivity contribution in [2.45, 2.75) is 39.4 Å². The first-order chi connectivity index (χ1) is 13.0. The number of nitrogens with one attached hydrogen (secondary N) is 2. The zero-order valence-corrected chi connectivity index (χ0v) is 17.3. The van der Waals surface area contributed by atoms with Crippen LogP contribution in [-0.4, -0.2) is 37.9 Å². The second-order valence-corrected chi connectivity index (χ2v) is 6.93. The van der Waals surface area contributed by atoms with E-state index in [1.54, 1.807) is 7.05 Å². The smallest absolute Gasteiger partial charge is 0.351 e. The molecule has 2 amide bonds. The number of alkyl halides is 3. The molecule has 28 heavy (non-hydrogen) atoms. The molecule has 0 aliphatic rings. The van der Waals surface area contributed by atoms with Crippen LogP contribution in [0.5, 0.6) is 0 Å². The minimum Gasteiger partial charge on any atom is -0.351 e. The van der Waals surface area contributed by atoms with Gasteiger partial charge >= 0.3 is 6.18 Å². The summed E-state index contributed by atoms with van der Waals surface area (Å²) in [7, 11) is 1.55. The first kappa shape index (κ1) is 21.9. The highest BCUT2D eigenvalue weighted by Gasteiger charge is 2.39. The van der Waals surface area contributed by atoms with E-state index in [0.29, 0.717) is 6.54 Å². The summed E-state index contributed by atoms with van der Waals surface area (Å²) >= 11 is 2.88. The van der Waals surface area contributed by atoms with Crippen molar-refractivity contribution in [1.29, 1.82) is 0 Å². The lowest BCUT2D eigenvalue weighted by atomic mass is 10.2. The highest BCUT2D eigenvalue weighted by Crippen LogP contribution is 2.36. The molecular formula is C16H20BrF3N6O2. The van der Waals surface area contributed by atoms with E-state index in [1.165, 1.54) is 24.7 Å². The normalized spacial score (nSPS) is 12.7. The Balaban J connectivity index is 2.26. The Morgan fingerprint density at radius 1 is 1.36 bits per heavy atom. The largest absolute Gasteiger partial charge is 0.436 e. The van der Waals surface area contributed by atoms with Crippen LogP contribution in [0.25, 0.3) is 0 Å². The van der Waals surface area contributed by atoms with Crippen molar-refractivity contribution < 1.29 is 22.8 Å². The fraction of sp³-hybridized carbons (Fsp3) is 0.500. The Morgan fingerprint density at radius 3 is 2.54 bits per heavy atom. The molecule has 2 N–H and O–H groups in total. The fourth-order valence-corrected chi connectivity index (χ4v) is 3.01. The maximum atomic E-state index is 13.0. The maximum Gasteiger partial charge on any atom is 0.436 e. The van der Waals surface area contributed by atoms with Crippen molar-refractivity contribution in [3.8, 4) is 0 Å². The third kappa shape index (κ3) is 4.37. The summed E-state index contributed by atoms with van der Waals surface area (Å²) in [5.41, 5.74) is -0.649. The molecule has 1 atom stereocenters. The predicted molar refractivity (Wildman–Crippen MR) is 98.8 cm³/mol. The molecule has 2 rings (SSSR count). The van der Waals surface area contributed by atoms with Gasteiger partial charge in [-0.05, 0) is 36.2 Å². The van der Waals surface area contributed by atoms with Gasteiger partial charge in [-0.2, -0.15) is 23.4 Å². The average Bonchev–Trinajstić information content (AvgIpc) is 3.12. The van der Waals surface area contributed by atoms with E-state index in [4.69, 9.17) is 0 Å². The molecule has 0 aliphatic heterocycles. The molecular weight excluding hydrogens is 445 g/mol. The van der Waals surface area contributed by atoms with Gasteiger partial charge in [-0.15, -0.1) is 0 Å². The van der Waals surface area contributed by atoms with Crippen molar-refractivity contribution in [3.63, 3.8) is 0 Å². The van der Waals surface area contributed by atoms with Crippen molar-refractivity contribution in [1.82, 2.24) is 24.9 Å². The number of hydrogen-bond donors (Lipinski definition) is 2. The summed E-state index contributed by atoms with van der Waals surface area (Å²) in [5.74, 6) is -1.05. The van der Waals surface area contributed by atoms with Crippen LogP contribution in [0.2, 0.25) is 0 Å². The second-order valence-electron chi connectivity index (χ2n) is 6.14. The Hall–Kier alpha value is -2.37. The van der Waals surface area contributed by atoms with E-state index in [9.17, 15) is 22.8 Å². The zero-order chi connectivity index (χ0) is 21.2. The Morgan fingerprint density at radius 2 is 2.00 bits per heavy atom. The van der Waals surface area contributed by atoms with Crippen molar-refractivity contribution >= 4 is 33.4 Å². The van der Waals surface area contributed by atoms with Gasteiger partial charge in [0.05, 0.1) is 22.1 Å². The molecule has 0 radical (unpaired) electrons. The number of aromatic nitrogens is 4. The van der Waals surface area contributed by atoms with Crippen LogP contribution in [-0.2, 0) is 18.0 Å². The van der Waals surface area contributed by atoms with Gasteiger partial charge in [0.25, 0.3) is 5.91 Å². The van der Waals surface area contributed by atoms with E-state index >= 15 is 0 Å². The molecule has 154 valence electrons. The van der Waals surface area contributed by atoms with E-state index in [-0.39, 0.29) is 21.5 Å². The van der Waals surface area contributed by atoms with Crippen LogP contribution in [0.3, 0.4) is 0 Å². The van der Waals surface area contributed by atoms with Gasteiger partial charge < -0.3 is 10.6 Å². The molecule has 0 unspecified atom stereocenters. The van der Waals surface area contributed by atoms with Crippen LogP contribution in [0.4, 0.5) is 18.9 Å². The van der Waals surface area contributed by atoms with Crippen LogP contribution in [0, 0.1) is 6.92 Å². The summed E-state index contributed by atoms with van der Waals surface area (Å²) in [6.07, 6.45) is -2.62. The zero-order valence-electron chi connectivity index (χ0n) is 15.7. The summed E-state index contributed by atoms with van der Waals surface area (Å²) in [4.78, 5) is 24.9. The second kappa shape index (κ2) is 8.33. The number of carbonyl (C=O) groups excluding carboxylic acids is 2. The van der Waals surface area contributed by atoms with Gasteiger partial charge in [0, 0.05) is 13.6 Å². The highest BCUT2D eigenvalue weighted by molar-refractivity contribution is 9.10. The maximum absolute atomic E-state index is 13.0. The Bertz CT molecular complexity index is 890. The SMILES string of the molecule is CCCNC(=O)c1c(NC(=O)[C@H](C)n2nc(C(F)(F)F)c(Br)c2C)cnn1C. The number of anilines is 1. The topological polar surface area (TPSA) is 93.8 Å². The van der Waals surface area contributed by atoms with Crippen LogP contribution >= 0.6 is 15.9 Å². The molecule has 0 spiro atoms. The van der Waals surface area contributed by atoms with Crippen LogP contribution < -0.4 is 10.6 Å². The number of rotatable bonds is 6. The standard InChI is InChI=1S/C16H20BrF3N6O2/c1-5-6-21-15(28)12-10(7-22-25(12)4)23-14(27)9(3)26-8(2)11(17)13(24-26)16(18,19)20/h7,9H,5-6H2,1-4H3,(H,21,28)(H,23,27)/t9-/m0/s1. The van der Waals surface area contributed by atoms with Gasteiger partial charge in [-0.25, -0.2) is 0 Å². The van der Waals surface area contributed by atoms with Gasteiger partial charge in [0.2, 0.25) is 5.91 Å². The first-order valence-corrected chi connectivity index (χ1v) is 9.21. The molecule has 12 heteroatoms. The monoisotopic (exact) mass is 464 g/mol. The van der Waals surface area contributed by atoms with Gasteiger partial charge in [0.15, 0.2) is 5.69 Å². The summed E-state index contributed by atoms with van der Waals surface area (Å²) in [6.45, 7) is 5.18. The Kier molecular flexibility index (Phi) is 6.52. The number of carbonyl (C=O) groups is 2. The van der Waals surface area contributed by atoms with Crippen molar-refractivity contribution in [3.05, 3.63) is 27.8 Å². The molecule has 2 heterocycles. The first-order valence-electron chi connectivity index (χ1n) is 8.41. The third-order valence-electron chi connectivity index (χ3n) is 4.04. The fourth-order valence-electron chi connectivity index (χ4n) is 2.53. The number of aryl methyl sites for hydroxylation is 1. The predicted octanol–water partition coefficient (Wildman–Crippen LogP) is 3.05. The van der Waals surface area contributed by atoms with Crippen molar-refractivity contribution in [2.75, 3.05) is 11.9 Å².